The second-order valence-electron chi connectivity index (χ2n) is 6.14. The summed E-state index contributed by atoms with van der Waals surface area (Å²) in [5.74, 6) is 1.03. The van der Waals surface area contributed by atoms with Crippen LogP contribution in [0.1, 0.15) is 16.8 Å². The third-order valence-corrected chi connectivity index (χ3v) is 4.27. The number of phenolic OH excluding ortho intramolecular Hbond substituents is 2. The highest BCUT2D eigenvalue weighted by molar-refractivity contribution is 5.47. The van der Waals surface area contributed by atoms with E-state index in [0.29, 0.717) is 36.7 Å². The van der Waals surface area contributed by atoms with E-state index in [9.17, 15) is 15.0 Å². The molecule has 7 heteroatoms. The number of rotatable bonds is 3. The molecule has 4 rings (SSSR count). The summed E-state index contributed by atoms with van der Waals surface area (Å²) in [4.78, 5) is 21.8. The molecule has 0 aliphatic carbocycles. The van der Waals surface area contributed by atoms with Gasteiger partial charge in [0.2, 0.25) is 0 Å². The Morgan fingerprint density at radius 2 is 2.04 bits per heavy atom. The number of aromatic hydroxyl groups is 2. The van der Waals surface area contributed by atoms with Gasteiger partial charge >= 0.3 is 0 Å². The van der Waals surface area contributed by atoms with E-state index >= 15 is 0 Å². The second kappa shape index (κ2) is 6.10. The van der Waals surface area contributed by atoms with E-state index in [1.165, 1.54) is 6.07 Å². The van der Waals surface area contributed by atoms with Crippen LogP contribution in [0.4, 0.5) is 0 Å². The Hall–Kier alpha value is -3.06. The number of nitrogens with one attached hydrogen (secondary N) is 1. The third-order valence-electron chi connectivity index (χ3n) is 4.27. The van der Waals surface area contributed by atoms with Gasteiger partial charge in [0.15, 0.2) is 11.6 Å². The first-order chi connectivity index (χ1) is 12.1. The molecular weight excluding hydrogens is 322 g/mol. The summed E-state index contributed by atoms with van der Waals surface area (Å²) in [7, 11) is 0. The number of hydrogen-bond acceptors (Lipinski definition) is 6. The van der Waals surface area contributed by atoms with Gasteiger partial charge in [-0.25, -0.2) is 4.98 Å². The third kappa shape index (κ3) is 3.14. The molecule has 0 amide bonds. The van der Waals surface area contributed by atoms with E-state index in [0.717, 1.165) is 17.8 Å². The monoisotopic (exact) mass is 339 g/mol. The molecule has 0 bridgehead atoms. The minimum atomic E-state index is -0.167. The highest BCUT2D eigenvalue weighted by Crippen LogP contribution is 2.24. The van der Waals surface area contributed by atoms with Crippen LogP contribution in [0.2, 0.25) is 0 Å². The van der Waals surface area contributed by atoms with E-state index in [2.05, 4.69) is 14.9 Å². The van der Waals surface area contributed by atoms with Crippen LogP contribution in [0.25, 0.3) is 11.6 Å². The number of benzene rings is 1. The fourth-order valence-corrected chi connectivity index (χ4v) is 3.15. The second-order valence-corrected chi connectivity index (χ2v) is 6.14. The Kier molecular flexibility index (Phi) is 3.77. The quantitative estimate of drug-likeness (QED) is 0.674. The van der Waals surface area contributed by atoms with Gasteiger partial charge < -0.3 is 19.6 Å². The van der Waals surface area contributed by atoms with Crippen LogP contribution in [0.3, 0.4) is 0 Å². The van der Waals surface area contributed by atoms with Crippen LogP contribution in [-0.4, -0.2) is 31.6 Å². The first-order valence-corrected chi connectivity index (χ1v) is 7.99. The maximum absolute atomic E-state index is 12.4. The smallest absolute Gasteiger partial charge is 0.256 e. The van der Waals surface area contributed by atoms with E-state index in [4.69, 9.17) is 4.42 Å². The molecule has 3 aromatic rings. The molecule has 2 aromatic heterocycles. The fraction of sp³-hybridized carbons (Fsp3) is 0.222. The number of furan rings is 1. The standard InChI is InChI=1S/C18H17N3O4/c22-12-6-11(7-13(23)8-12)9-21-4-3-15-14(10-21)18(24)20-17(19-15)16-2-1-5-25-16/h1-2,5-8,22-23H,3-4,9-10H2,(H,19,20,24). The number of fused-ring (bicyclic) bond motifs is 1. The van der Waals surface area contributed by atoms with Crippen LogP contribution in [0, 0.1) is 0 Å². The van der Waals surface area contributed by atoms with Crippen molar-refractivity contribution >= 4 is 0 Å². The number of H-pyrrole nitrogens is 1. The normalized spacial score (nSPS) is 14.4. The molecule has 7 nitrogen and oxygen atoms in total. The summed E-state index contributed by atoms with van der Waals surface area (Å²) in [6, 6.07) is 8.02. The maximum Gasteiger partial charge on any atom is 0.256 e. The average molecular weight is 339 g/mol. The Balaban J connectivity index is 1.58. The van der Waals surface area contributed by atoms with Crippen molar-refractivity contribution in [3.63, 3.8) is 0 Å². The minimum absolute atomic E-state index is 0.0232. The summed E-state index contributed by atoms with van der Waals surface area (Å²) >= 11 is 0. The number of hydrogen-bond donors (Lipinski definition) is 3. The van der Waals surface area contributed by atoms with Gasteiger partial charge in [0.1, 0.15) is 11.5 Å². The largest absolute Gasteiger partial charge is 0.508 e. The Morgan fingerprint density at radius 1 is 1.24 bits per heavy atom. The molecule has 0 atom stereocenters. The minimum Gasteiger partial charge on any atom is -0.508 e. The van der Waals surface area contributed by atoms with Gasteiger partial charge in [-0.3, -0.25) is 9.69 Å². The molecule has 1 aliphatic rings. The molecule has 25 heavy (non-hydrogen) atoms. The fourth-order valence-electron chi connectivity index (χ4n) is 3.15. The van der Waals surface area contributed by atoms with Gasteiger partial charge in [-0.05, 0) is 29.8 Å². The molecule has 0 radical (unpaired) electrons. The molecule has 0 unspecified atom stereocenters. The lowest BCUT2D eigenvalue weighted by atomic mass is 10.1. The molecule has 0 saturated heterocycles. The molecule has 0 spiro atoms. The van der Waals surface area contributed by atoms with E-state index in [-0.39, 0.29) is 17.1 Å². The van der Waals surface area contributed by atoms with Crippen molar-refractivity contribution in [3.8, 4) is 23.1 Å². The number of nitrogens with zero attached hydrogens (tertiary/aromatic N) is 2. The van der Waals surface area contributed by atoms with Crippen LogP contribution >= 0.6 is 0 Å². The van der Waals surface area contributed by atoms with Gasteiger partial charge in [-0.2, -0.15) is 0 Å². The lowest BCUT2D eigenvalue weighted by Gasteiger charge is -2.27. The highest BCUT2D eigenvalue weighted by Gasteiger charge is 2.22. The first kappa shape index (κ1) is 15.5. The number of phenols is 2. The highest BCUT2D eigenvalue weighted by atomic mass is 16.3. The summed E-state index contributed by atoms with van der Waals surface area (Å²) in [6.07, 6.45) is 2.19. The maximum atomic E-state index is 12.4. The van der Waals surface area contributed by atoms with Gasteiger partial charge in [0, 0.05) is 32.1 Å². The molecular formula is C18H17N3O4. The summed E-state index contributed by atoms with van der Waals surface area (Å²) < 4.78 is 5.30. The predicted octanol–water partition coefficient (Wildman–Crippen LogP) is 2.00. The van der Waals surface area contributed by atoms with Crippen LogP contribution < -0.4 is 5.56 Å². The molecule has 0 saturated carbocycles. The molecule has 1 aliphatic heterocycles. The van der Waals surface area contributed by atoms with Crippen molar-refractivity contribution in [1.29, 1.82) is 0 Å². The van der Waals surface area contributed by atoms with Crippen LogP contribution in [0.5, 0.6) is 11.5 Å². The predicted molar refractivity (Wildman–Crippen MR) is 90.1 cm³/mol. The van der Waals surface area contributed by atoms with Gasteiger partial charge in [0.05, 0.1) is 17.5 Å². The Labute approximate surface area is 143 Å². The summed E-state index contributed by atoms with van der Waals surface area (Å²) in [6.45, 7) is 1.73. The van der Waals surface area contributed by atoms with Crippen molar-refractivity contribution in [2.75, 3.05) is 6.54 Å². The van der Waals surface area contributed by atoms with Crippen molar-refractivity contribution in [2.45, 2.75) is 19.5 Å². The summed E-state index contributed by atoms with van der Waals surface area (Å²) in [5, 5.41) is 19.2. The number of aromatic amines is 1. The van der Waals surface area contributed by atoms with Gasteiger partial charge in [-0.1, -0.05) is 0 Å². The Bertz CT molecular complexity index is 943. The topological polar surface area (TPSA) is 103 Å². The number of aromatic nitrogens is 2. The zero-order valence-corrected chi connectivity index (χ0v) is 13.4. The lowest BCUT2D eigenvalue weighted by Crippen LogP contribution is -2.35. The zero-order valence-electron chi connectivity index (χ0n) is 13.4. The molecule has 0 fully saturated rings. The molecule has 128 valence electrons. The van der Waals surface area contributed by atoms with E-state index < -0.39 is 0 Å². The van der Waals surface area contributed by atoms with Crippen LogP contribution in [0.15, 0.2) is 45.8 Å². The van der Waals surface area contributed by atoms with Gasteiger partial charge in [0.25, 0.3) is 5.56 Å². The average Bonchev–Trinajstić information content (AvgIpc) is 3.09. The van der Waals surface area contributed by atoms with Crippen molar-refractivity contribution < 1.29 is 14.6 Å². The van der Waals surface area contributed by atoms with Crippen molar-refractivity contribution in [2.24, 2.45) is 0 Å². The SMILES string of the molecule is O=c1[nH]c(-c2ccco2)nc2c1CN(Cc1cc(O)cc(O)c1)CC2. The van der Waals surface area contributed by atoms with Crippen molar-refractivity contribution in [1.82, 2.24) is 14.9 Å². The molecule has 3 heterocycles. The zero-order chi connectivity index (χ0) is 17.4. The molecule has 3 N–H and O–H groups in total. The molecule has 1 aromatic carbocycles. The summed E-state index contributed by atoms with van der Waals surface area (Å²) in [5.41, 5.74) is 2.05. The van der Waals surface area contributed by atoms with E-state index in [1.54, 1.807) is 30.5 Å². The lowest BCUT2D eigenvalue weighted by molar-refractivity contribution is 0.241. The first-order valence-electron chi connectivity index (χ1n) is 7.99. The van der Waals surface area contributed by atoms with Crippen LogP contribution in [-0.2, 0) is 19.5 Å². The Morgan fingerprint density at radius 3 is 2.76 bits per heavy atom. The van der Waals surface area contributed by atoms with Gasteiger partial charge in [-0.15, -0.1) is 0 Å². The van der Waals surface area contributed by atoms with Crippen molar-refractivity contribution in [3.05, 3.63) is 63.8 Å². The van der Waals surface area contributed by atoms with E-state index in [1.807, 2.05) is 0 Å².